The molecule has 2 aromatic heterocycles. The second kappa shape index (κ2) is 8.85. The quantitative estimate of drug-likeness (QED) is 0.312. The van der Waals surface area contributed by atoms with Crippen LogP contribution in [0.1, 0.15) is 28.6 Å². The Morgan fingerprint density at radius 3 is 2.38 bits per heavy atom. The number of aromatic nitrogens is 4. The lowest BCUT2D eigenvalue weighted by Gasteiger charge is -2.30. The Bertz CT molecular complexity index is 1620. The zero-order valence-electron chi connectivity index (χ0n) is 21.6. The van der Waals surface area contributed by atoms with Crippen LogP contribution in [-0.4, -0.2) is 33.8 Å². The molecule has 0 spiro atoms. The molecule has 7 heteroatoms. The van der Waals surface area contributed by atoms with Gasteiger partial charge in [-0.2, -0.15) is 10.2 Å². The monoisotopic (exact) mass is 491 g/mol. The minimum absolute atomic E-state index is 0.252. The Kier molecular flexibility index (Phi) is 5.48. The molecular formula is C30H29N5O2. The van der Waals surface area contributed by atoms with Gasteiger partial charge in [0.1, 0.15) is 5.69 Å². The van der Waals surface area contributed by atoms with Gasteiger partial charge in [-0.25, -0.2) is 9.36 Å². The van der Waals surface area contributed by atoms with Crippen LogP contribution in [0, 0.1) is 20.8 Å². The van der Waals surface area contributed by atoms with Crippen LogP contribution < -0.4 is 14.8 Å². The van der Waals surface area contributed by atoms with Gasteiger partial charge >= 0.3 is 0 Å². The van der Waals surface area contributed by atoms with E-state index in [0.717, 1.165) is 45.1 Å². The van der Waals surface area contributed by atoms with Crippen molar-refractivity contribution < 1.29 is 9.47 Å². The maximum atomic E-state index is 5.62. The molecule has 1 aliphatic rings. The second-order valence-corrected chi connectivity index (χ2v) is 9.45. The fourth-order valence-corrected chi connectivity index (χ4v) is 5.19. The fraction of sp³-hybridized carbons (Fsp3) is 0.200. The molecule has 0 fully saturated rings. The van der Waals surface area contributed by atoms with Crippen LogP contribution in [0.4, 0.5) is 5.69 Å². The van der Waals surface area contributed by atoms with Gasteiger partial charge < -0.3 is 14.8 Å². The Labute approximate surface area is 216 Å². The first-order valence-electron chi connectivity index (χ1n) is 12.3. The normalized spacial score (nSPS) is 14.0. The molecule has 3 aromatic carbocycles. The highest BCUT2D eigenvalue weighted by Crippen LogP contribution is 2.43. The maximum absolute atomic E-state index is 5.62. The summed E-state index contributed by atoms with van der Waals surface area (Å²) in [4.78, 5) is 0. The number of para-hydroxylation sites is 1. The van der Waals surface area contributed by atoms with E-state index in [1.165, 1.54) is 11.1 Å². The molecule has 0 aliphatic carbocycles. The number of methoxy groups -OCH3 is 2. The Morgan fingerprint density at radius 2 is 1.62 bits per heavy atom. The van der Waals surface area contributed by atoms with Crippen molar-refractivity contribution in [3.8, 4) is 39.7 Å². The van der Waals surface area contributed by atoms with Crippen LogP contribution in [0.2, 0.25) is 0 Å². The summed E-state index contributed by atoms with van der Waals surface area (Å²) in [5.74, 6) is 1.33. The maximum Gasteiger partial charge on any atom is 0.161 e. The molecule has 3 heterocycles. The fourth-order valence-electron chi connectivity index (χ4n) is 5.19. The number of fused-ring (bicyclic) bond motifs is 3. The summed E-state index contributed by atoms with van der Waals surface area (Å²) in [6.45, 7) is 6.32. The van der Waals surface area contributed by atoms with E-state index >= 15 is 0 Å². The molecule has 37 heavy (non-hydrogen) atoms. The zero-order chi connectivity index (χ0) is 25.7. The van der Waals surface area contributed by atoms with E-state index < -0.39 is 0 Å². The number of nitrogens with zero attached hydrogens (tertiary/aromatic N) is 4. The molecule has 0 saturated heterocycles. The number of anilines is 1. The lowest BCUT2D eigenvalue weighted by Crippen LogP contribution is -2.26. The Hall–Kier alpha value is -4.52. The highest BCUT2D eigenvalue weighted by atomic mass is 16.5. The van der Waals surface area contributed by atoms with Crippen molar-refractivity contribution in [1.29, 1.82) is 0 Å². The number of nitrogens with one attached hydrogen (secondary N) is 1. The van der Waals surface area contributed by atoms with E-state index in [2.05, 4.69) is 60.4 Å². The Balaban J connectivity index is 1.58. The average molecular weight is 492 g/mol. The molecule has 0 bridgehead atoms. The summed E-state index contributed by atoms with van der Waals surface area (Å²) < 4.78 is 15.1. The number of hydrogen-bond acceptors (Lipinski definition) is 5. The SMILES string of the molecule is COc1ccc(-c2nn(-c3ccccc3)cc2[C@H]2Nc3c(C)cc(C)cc3-c3cc(C)nn32)cc1OC. The first-order chi connectivity index (χ1) is 18.0. The van der Waals surface area contributed by atoms with Crippen LogP contribution in [-0.2, 0) is 0 Å². The smallest absolute Gasteiger partial charge is 0.161 e. The Morgan fingerprint density at radius 1 is 0.838 bits per heavy atom. The molecule has 0 saturated carbocycles. The van der Waals surface area contributed by atoms with Gasteiger partial charge in [0.15, 0.2) is 17.7 Å². The van der Waals surface area contributed by atoms with Crippen LogP contribution >= 0.6 is 0 Å². The summed E-state index contributed by atoms with van der Waals surface area (Å²) in [7, 11) is 3.29. The summed E-state index contributed by atoms with van der Waals surface area (Å²) >= 11 is 0. The van der Waals surface area contributed by atoms with E-state index in [9.17, 15) is 0 Å². The highest BCUT2D eigenvalue weighted by Gasteiger charge is 2.31. The third-order valence-electron chi connectivity index (χ3n) is 6.85. The molecule has 1 aliphatic heterocycles. The predicted octanol–water partition coefficient (Wildman–Crippen LogP) is 6.32. The largest absolute Gasteiger partial charge is 0.493 e. The standard InChI is InChI=1S/C30H29N5O2/c1-18-13-19(2)28-23(14-18)25-15-20(3)32-35(25)30(31-28)24-17-34(22-9-7-6-8-10-22)33-29(24)21-11-12-26(36-4)27(16-21)37-5/h6-17,30-31H,1-5H3/t30-/m0/s1. The van der Waals surface area contributed by atoms with Gasteiger partial charge in [0, 0.05) is 28.6 Å². The third-order valence-corrected chi connectivity index (χ3v) is 6.85. The lowest BCUT2D eigenvalue weighted by atomic mass is 9.97. The topological polar surface area (TPSA) is 66.1 Å². The summed E-state index contributed by atoms with van der Waals surface area (Å²) in [5, 5.41) is 13.8. The molecule has 1 N–H and O–H groups in total. The number of hydrogen-bond donors (Lipinski definition) is 1. The van der Waals surface area contributed by atoms with Gasteiger partial charge in [0.2, 0.25) is 0 Å². The molecule has 0 amide bonds. The second-order valence-electron chi connectivity index (χ2n) is 9.45. The number of ether oxygens (including phenoxy) is 2. The van der Waals surface area contributed by atoms with Crippen LogP contribution in [0.3, 0.4) is 0 Å². The molecule has 186 valence electrons. The number of benzene rings is 3. The van der Waals surface area contributed by atoms with Gasteiger partial charge in [-0.1, -0.05) is 29.8 Å². The zero-order valence-corrected chi connectivity index (χ0v) is 21.6. The van der Waals surface area contributed by atoms with Gasteiger partial charge in [0.05, 0.1) is 31.3 Å². The minimum atomic E-state index is -0.252. The van der Waals surface area contributed by atoms with Gasteiger partial charge in [0.25, 0.3) is 0 Å². The number of rotatable bonds is 5. The summed E-state index contributed by atoms with van der Waals surface area (Å²) in [6, 6.07) is 22.6. The lowest BCUT2D eigenvalue weighted by molar-refractivity contribution is 0.355. The predicted molar refractivity (Wildman–Crippen MR) is 146 cm³/mol. The molecule has 1 atom stereocenters. The van der Waals surface area contributed by atoms with E-state index in [-0.39, 0.29) is 6.17 Å². The van der Waals surface area contributed by atoms with Gasteiger partial charge in [-0.3, -0.25) is 0 Å². The van der Waals surface area contributed by atoms with Gasteiger partial charge in [-0.15, -0.1) is 0 Å². The minimum Gasteiger partial charge on any atom is -0.493 e. The van der Waals surface area contributed by atoms with Crippen molar-refractivity contribution in [3.63, 3.8) is 0 Å². The van der Waals surface area contributed by atoms with E-state index in [4.69, 9.17) is 19.7 Å². The van der Waals surface area contributed by atoms with E-state index in [1.807, 2.05) is 48.0 Å². The number of aryl methyl sites for hydroxylation is 3. The van der Waals surface area contributed by atoms with Crippen LogP contribution in [0.5, 0.6) is 11.5 Å². The first-order valence-corrected chi connectivity index (χ1v) is 12.3. The van der Waals surface area contributed by atoms with Crippen molar-refractivity contribution in [2.45, 2.75) is 26.9 Å². The summed E-state index contributed by atoms with van der Waals surface area (Å²) in [5.41, 5.74) is 10.5. The van der Waals surface area contributed by atoms with Crippen molar-refractivity contribution in [2.24, 2.45) is 0 Å². The van der Waals surface area contributed by atoms with Crippen molar-refractivity contribution in [1.82, 2.24) is 19.6 Å². The molecular weight excluding hydrogens is 462 g/mol. The van der Waals surface area contributed by atoms with E-state index in [0.29, 0.717) is 11.5 Å². The molecule has 5 aromatic rings. The van der Waals surface area contributed by atoms with Crippen LogP contribution in [0.25, 0.3) is 28.2 Å². The van der Waals surface area contributed by atoms with Crippen LogP contribution in [0.15, 0.2) is 72.9 Å². The molecule has 0 radical (unpaired) electrons. The molecule has 7 nitrogen and oxygen atoms in total. The highest BCUT2D eigenvalue weighted by molar-refractivity contribution is 5.82. The third kappa shape index (κ3) is 3.83. The van der Waals surface area contributed by atoms with Crippen molar-refractivity contribution in [2.75, 3.05) is 19.5 Å². The van der Waals surface area contributed by atoms with Crippen molar-refractivity contribution >= 4 is 5.69 Å². The summed E-state index contributed by atoms with van der Waals surface area (Å²) in [6.07, 6.45) is 1.84. The molecule has 6 rings (SSSR count). The average Bonchev–Trinajstić information content (AvgIpc) is 3.52. The van der Waals surface area contributed by atoms with Crippen molar-refractivity contribution in [3.05, 3.63) is 95.3 Å². The van der Waals surface area contributed by atoms with Gasteiger partial charge in [-0.05, 0) is 68.8 Å². The first kappa shape index (κ1) is 22.9. The molecule has 0 unspecified atom stereocenters. The van der Waals surface area contributed by atoms with E-state index in [1.54, 1.807) is 14.2 Å².